The van der Waals surface area contributed by atoms with E-state index >= 15 is 0 Å². The number of carbonyl (C=O) groups excluding carboxylic acids is 1. The van der Waals surface area contributed by atoms with Crippen LogP contribution in [0.2, 0.25) is 69.5 Å². The third-order valence-corrected chi connectivity index (χ3v) is 22.2. The van der Waals surface area contributed by atoms with Crippen LogP contribution in [-0.2, 0) is 23.4 Å². The number of esters is 1. The molecule has 6 atom stereocenters. The van der Waals surface area contributed by atoms with Crippen LogP contribution < -0.4 is 13.9 Å². The second kappa shape index (κ2) is 22.1. The van der Waals surface area contributed by atoms with Gasteiger partial charge < -0.3 is 0 Å². The molecule has 1 saturated heterocycles. The van der Waals surface area contributed by atoms with Crippen LogP contribution in [0.3, 0.4) is 0 Å². The van der Waals surface area contributed by atoms with E-state index in [-0.39, 0.29) is 67.7 Å². The van der Waals surface area contributed by atoms with E-state index in [1.54, 1.807) is 7.11 Å². The number of benzene rings is 2. The molecule has 0 spiro atoms. The van der Waals surface area contributed by atoms with Gasteiger partial charge in [-0.2, -0.15) is 0 Å². The van der Waals surface area contributed by atoms with Crippen molar-refractivity contribution in [2.24, 2.45) is 11.8 Å². The summed E-state index contributed by atoms with van der Waals surface area (Å²) in [5, 5.41) is 0.153. The van der Waals surface area contributed by atoms with E-state index in [1.807, 2.05) is 26.0 Å². The average molecular weight is 936 g/mol. The molecular formula is C47H80O8SeSi3. The molecule has 1 fully saturated rings. The molecule has 2 aromatic rings. The standard InChI is InChI=1S/C47H80O8SeSi3/c1-34(36(3)55-59(16,17)46(4,5)6)23-24-35(2)44-40(53-47(7,8)54-44)25-26-42(56-38-21-19-18-20-22-38)39-31-37(50-27-29-57(10,11)12)32-41(52-33-49-9)43(39)45(48)51-28-30-58(13,14)15/h18-24,31-32,34-36,40,42,44H,25-30,33H2,1-17H3/b24-23-/t34-,35?,36+,40+,42?,44-/m1/s1. The van der Waals surface area contributed by atoms with E-state index < -0.39 is 30.3 Å². The van der Waals surface area contributed by atoms with Gasteiger partial charge in [0, 0.05) is 0 Å². The van der Waals surface area contributed by atoms with Gasteiger partial charge in [0.15, 0.2) is 0 Å². The monoisotopic (exact) mass is 936 g/mol. The van der Waals surface area contributed by atoms with Crippen LogP contribution in [0.1, 0.15) is 89.0 Å². The molecule has 1 aliphatic heterocycles. The minimum atomic E-state index is -1.90. The molecule has 0 aromatic heterocycles. The zero-order valence-electron chi connectivity index (χ0n) is 39.8. The van der Waals surface area contributed by atoms with E-state index in [9.17, 15) is 4.79 Å². The van der Waals surface area contributed by atoms with E-state index in [2.05, 4.69) is 136 Å². The van der Waals surface area contributed by atoms with E-state index in [1.165, 1.54) is 4.46 Å². The van der Waals surface area contributed by atoms with Gasteiger partial charge in [-0.1, -0.05) is 20.8 Å². The fourth-order valence-electron chi connectivity index (χ4n) is 6.55. The molecule has 8 nitrogen and oxygen atoms in total. The van der Waals surface area contributed by atoms with Crippen LogP contribution in [0.15, 0.2) is 54.6 Å². The topological polar surface area (TPSA) is 81.7 Å². The molecule has 0 N–H and O–H groups in total. The Labute approximate surface area is 368 Å². The van der Waals surface area contributed by atoms with E-state index in [0.717, 1.165) is 30.5 Å². The maximum absolute atomic E-state index is 14.3. The van der Waals surface area contributed by atoms with Gasteiger partial charge in [-0.3, -0.25) is 0 Å². The molecule has 0 radical (unpaired) electrons. The van der Waals surface area contributed by atoms with Crippen molar-refractivity contribution in [3.63, 3.8) is 0 Å². The molecule has 0 bridgehead atoms. The molecule has 59 heavy (non-hydrogen) atoms. The number of hydrogen-bond acceptors (Lipinski definition) is 8. The van der Waals surface area contributed by atoms with Crippen LogP contribution in [0.5, 0.6) is 11.5 Å². The van der Waals surface area contributed by atoms with Gasteiger partial charge in [-0.05, 0) is 18.1 Å². The molecule has 3 rings (SSSR count). The summed E-state index contributed by atoms with van der Waals surface area (Å²) >= 11 is -0.0597. The van der Waals surface area contributed by atoms with Crippen LogP contribution in [0, 0.1) is 11.8 Å². The molecular weight excluding hydrogens is 856 g/mol. The summed E-state index contributed by atoms with van der Waals surface area (Å²) in [4.78, 5) is 14.3. The normalized spacial score (nSPS) is 19.7. The van der Waals surface area contributed by atoms with Crippen molar-refractivity contribution in [3.05, 3.63) is 65.7 Å². The van der Waals surface area contributed by atoms with Crippen molar-refractivity contribution in [1.82, 2.24) is 0 Å². The Morgan fingerprint density at radius 2 is 1.51 bits per heavy atom. The van der Waals surface area contributed by atoms with Gasteiger partial charge in [0.1, 0.15) is 0 Å². The minimum absolute atomic E-state index is 0.00327. The van der Waals surface area contributed by atoms with Crippen LogP contribution >= 0.6 is 0 Å². The van der Waals surface area contributed by atoms with Crippen molar-refractivity contribution >= 4 is 49.9 Å². The van der Waals surface area contributed by atoms with Crippen molar-refractivity contribution in [1.29, 1.82) is 0 Å². The van der Waals surface area contributed by atoms with Crippen LogP contribution in [0.4, 0.5) is 0 Å². The van der Waals surface area contributed by atoms with Gasteiger partial charge in [0.2, 0.25) is 0 Å². The third kappa shape index (κ3) is 17.2. The van der Waals surface area contributed by atoms with Crippen molar-refractivity contribution in [2.45, 2.75) is 167 Å². The van der Waals surface area contributed by atoms with Gasteiger partial charge in [0.05, 0.1) is 0 Å². The summed E-state index contributed by atoms with van der Waals surface area (Å²) in [6.45, 7) is 37.0. The quantitative estimate of drug-likeness (QED) is 0.0472. The summed E-state index contributed by atoms with van der Waals surface area (Å²) in [5.74, 6) is 0.382. The van der Waals surface area contributed by atoms with Crippen molar-refractivity contribution in [3.8, 4) is 11.5 Å². The number of methoxy groups -OCH3 is 1. The average Bonchev–Trinajstić information content (AvgIpc) is 3.43. The SMILES string of the molecule is COCOc1cc(OCC[Si](C)(C)C)cc(C(CC[C@@H]2OC(C)(C)O[C@@H]2C(C)/C=C\[C@@H](C)[C@H](C)O[Si](C)(C)C(C)(C)C)[Se]c2ccccc2)c1C(=O)OCC[Si](C)(C)C. The van der Waals surface area contributed by atoms with Crippen LogP contribution in [0.25, 0.3) is 0 Å². The Balaban J connectivity index is 2.03. The molecule has 0 amide bonds. The fraction of sp³-hybridized carbons (Fsp3) is 0.681. The first kappa shape index (κ1) is 51.6. The molecule has 2 unspecified atom stereocenters. The Hall–Kier alpha value is -1.74. The Kier molecular flexibility index (Phi) is 19.3. The summed E-state index contributed by atoms with van der Waals surface area (Å²) in [6, 6.07) is 16.4. The zero-order chi connectivity index (χ0) is 44.4. The third-order valence-electron chi connectivity index (χ3n) is 11.4. The van der Waals surface area contributed by atoms with Gasteiger partial charge in [0.25, 0.3) is 0 Å². The first-order valence-corrected chi connectivity index (χ1v) is 33.9. The van der Waals surface area contributed by atoms with Crippen molar-refractivity contribution in [2.75, 3.05) is 27.1 Å². The zero-order valence-corrected chi connectivity index (χ0v) is 44.5. The predicted octanol–water partition coefficient (Wildman–Crippen LogP) is 11.5. The van der Waals surface area contributed by atoms with Gasteiger partial charge >= 0.3 is 331 Å². The Bertz CT molecular complexity index is 1630. The molecule has 2 aromatic carbocycles. The summed E-state index contributed by atoms with van der Waals surface area (Å²) < 4.78 is 45.5. The molecule has 334 valence electrons. The number of carbonyl (C=O) groups is 1. The fourth-order valence-corrected chi connectivity index (χ4v) is 12.0. The van der Waals surface area contributed by atoms with Crippen LogP contribution in [-0.4, -0.2) is 96.6 Å². The number of rotatable bonds is 23. The Morgan fingerprint density at radius 1 is 0.881 bits per heavy atom. The van der Waals surface area contributed by atoms with Gasteiger partial charge in [-0.15, -0.1) is 0 Å². The molecule has 0 aliphatic carbocycles. The molecule has 0 saturated carbocycles. The summed E-state index contributed by atoms with van der Waals surface area (Å²) in [5.41, 5.74) is 1.34. The number of hydrogen-bond donors (Lipinski definition) is 0. The second-order valence-corrected chi connectivity index (χ2v) is 39.5. The second-order valence-electron chi connectivity index (χ2n) is 20.9. The first-order chi connectivity index (χ1) is 27.2. The summed E-state index contributed by atoms with van der Waals surface area (Å²) in [7, 11) is -3.13. The molecule has 1 aliphatic rings. The van der Waals surface area contributed by atoms with E-state index in [0.29, 0.717) is 30.3 Å². The predicted molar refractivity (Wildman–Crippen MR) is 254 cm³/mol. The first-order valence-electron chi connectivity index (χ1n) is 21.7. The summed E-state index contributed by atoms with van der Waals surface area (Å²) in [6.07, 6.45) is 5.91. The Morgan fingerprint density at radius 3 is 2.10 bits per heavy atom. The van der Waals surface area contributed by atoms with E-state index in [4.69, 9.17) is 32.8 Å². The molecule has 1 heterocycles. The molecule has 12 heteroatoms. The van der Waals surface area contributed by atoms with Crippen molar-refractivity contribution < 1.29 is 37.6 Å². The number of ether oxygens (including phenoxy) is 6. The maximum atomic E-state index is 14.3. The van der Waals surface area contributed by atoms with Gasteiger partial charge in [-0.25, -0.2) is 0 Å².